The van der Waals surface area contributed by atoms with Gasteiger partial charge in [0.05, 0.1) is 5.52 Å². The largest absolute Gasteiger partial charge is 0.277 e. The fourth-order valence-corrected chi connectivity index (χ4v) is 3.26. The smallest absolute Gasteiger partial charge is 0.256 e. The molecule has 0 fully saturated rings. The van der Waals surface area contributed by atoms with Gasteiger partial charge < -0.3 is 0 Å². The normalized spacial score (nSPS) is 11.0. The molecule has 0 radical (unpaired) electrons. The van der Waals surface area contributed by atoms with Crippen LogP contribution in [-0.4, -0.2) is 4.57 Å². The second-order valence-electron chi connectivity index (χ2n) is 6.45. The summed E-state index contributed by atoms with van der Waals surface area (Å²) in [6.45, 7) is 4.13. The highest BCUT2D eigenvalue weighted by Crippen LogP contribution is 2.29. The van der Waals surface area contributed by atoms with Gasteiger partial charge >= 0.3 is 0 Å². The second kappa shape index (κ2) is 6.06. The quantitative estimate of drug-likeness (QED) is 0.492. The molecule has 3 aromatic carbocycles. The number of aromatic nitrogens is 1. The predicted octanol–water partition coefficient (Wildman–Crippen LogP) is 5.27. The Hall–Kier alpha value is -3.13. The summed E-state index contributed by atoms with van der Waals surface area (Å²) in [5.74, 6) is 0. The molecule has 2 nitrogen and oxygen atoms in total. The van der Waals surface area contributed by atoms with Gasteiger partial charge in [-0.05, 0) is 49.2 Å². The van der Waals surface area contributed by atoms with Crippen molar-refractivity contribution in [3.8, 4) is 16.8 Å². The van der Waals surface area contributed by atoms with Gasteiger partial charge in [0.15, 0.2) is 0 Å². The molecule has 0 spiro atoms. The molecular formula is C23H19NO. The van der Waals surface area contributed by atoms with Crippen LogP contribution in [0.15, 0.2) is 83.7 Å². The van der Waals surface area contributed by atoms with E-state index in [2.05, 4.69) is 19.1 Å². The summed E-state index contributed by atoms with van der Waals surface area (Å²) in [7, 11) is 0. The summed E-state index contributed by atoms with van der Waals surface area (Å²) in [5.41, 5.74) is 6.21. The van der Waals surface area contributed by atoms with Gasteiger partial charge in [0.2, 0.25) is 0 Å². The minimum atomic E-state index is -0.0148. The first-order valence-electron chi connectivity index (χ1n) is 8.42. The maximum Gasteiger partial charge on any atom is 0.256 e. The second-order valence-corrected chi connectivity index (χ2v) is 6.45. The van der Waals surface area contributed by atoms with Gasteiger partial charge in [-0.25, -0.2) is 0 Å². The molecule has 25 heavy (non-hydrogen) atoms. The predicted molar refractivity (Wildman–Crippen MR) is 104 cm³/mol. The fraction of sp³-hybridized carbons (Fsp3) is 0.0870. The van der Waals surface area contributed by atoms with Crippen LogP contribution in [0, 0.1) is 13.8 Å². The Morgan fingerprint density at radius 3 is 2.12 bits per heavy atom. The number of pyridine rings is 1. The van der Waals surface area contributed by atoms with Crippen molar-refractivity contribution in [3.63, 3.8) is 0 Å². The van der Waals surface area contributed by atoms with E-state index < -0.39 is 0 Å². The Morgan fingerprint density at radius 2 is 1.40 bits per heavy atom. The molecule has 0 N–H and O–H groups in total. The first-order chi connectivity index (χ1) is 12.1. The molecule has 1 aromatic heterocycles. The lowest BCUT2D eigenvalue weighted by Crippen LogP contribution is -2.18. The van der Waals surface area contributed by atoms with Crippen molar-refractivity contribution in [1.82, 2.24) is 4.57 Å². The summed E-state index contributed by atoms with van der Waals surface area (Å²) in [5, 5.41) is 1.09. The van der Waals surface area contributed by atoms with Crippen LogP contribution < -0.4 is 5.56 Å². The van der Waals surface area contributed by atoms with Crippen LogP contribution >= 0.6 is 0 Å². The number of hydrogen-bond donors (Lipinski definition) is 0. The molecule has 0 unspecified atom stereocenters. The van der Waals surface area contributed by atoms with Gasteiger partial charge in [0.1, 0.15) is 0 Å². The summed E-state index contributed by atoms with van der Waals surface area (Å²) in [4.78, 5) is 13.0. The Balaban J connectivity index is 2.09. The highest BCUT2D eigenvalue weighted by atomic mass is 16.1. The van der Waals surface area contributed by atoms with Crippen molar-refractivity contribution in [2.45, 2.75) is 13.8 Å². The molecule has 0 saturated carbocycles. The Bertz CT molecular complexity index is 1110. The molecule has 0 saturated heterocycles. The molecule has 0 aliphatic heterocycles. The van der Waals surface area contributed by atoms with Gasteiger partial charge in [-0.3, -0.25) is 9.36 Å². The van der Waals surface area contributed by atoms with E-state index in [-0.39, 0.29) is 5.56 Å². The lowest BCUT2D eigenvalue weighted by molar-refractivity contribution is 1.04. The van der Waals surface area contributed by atoms with E-state index in [0.717, 1.165) is 27.7 Å². The van der Waals surface area contributed by atoms with Gasteiger partial charge in [-0.15, -0.1) is 0 Å². The maximum atomic E-state index is 13.0. The zero-order valence-electron chi connectivity index (χ0n) is 14.4. The third-order valence-electron chi connectivity index (χ3n) is 4.55. The summed E-state index contributed by atoms with van der Waals surface area (Å²) in [6.07, 6.45) is 0. The minimum absolute atomic E-state index is 0.0148. The van der Waals surface area contributed by atoms with Crippen LogP contribution in [0.2, 0.25) is 0 Å². The van der Waals surface area contributed by atoms with E-state index in [9.17, 15) is 4.79 Å². The monoisotopic (exact) mass is 325 g/mol. The zero-order chi connectivity index (χ0) is 17.4. The molecule has 0 bridgehead atoms. The standard InChI is InChI=1S/C23H19NO/c1-16-8-11-19(12-9-16)24-22-13-10-17(2)14-21(22)20(15-23(24)25)18-6-4-3-5-7-18/h3-15H,1-2H3. The van der Waals surface area contributed by atoms with Gasteiger partial charge in [-0.2, -0.15) is 0 Å². The average Bonchev–Trinajstić information content (AvgIpc) is 2.63. The summed E-state index contributed by atoms with van der Waals surface area (Å²) < 4.78 is 1.79. The molecule has 0 amide bonds. The van der Waals surface area contributed by atoms with E-state index in [1.165, 1.54) is 11.1 Å². The van der Waals surface area contributed by atoms with Crippen molar-refractivity contribution in [2.24, 2.45) is 0 Å². The first kappa shape index (κ1) is 15.4. The van der Waals surface area contributed by atoms with E-state index in [1.807, 2.05) is 67.6 Å². The lowest BCUT2D eigenvalue weighted by atomic mass is 9.99. The Morgan fingerprint density at radius 1 is 0.720 bits per heavy atom. The lowest BCUT2D eigenvalue weighted by Gasteiger charge is -2.15. The van der Waals surface area contributed by atoms with Crippen LogP contribution in [0.25, 0.3) is 27.7 Å². The van der Waals surface area contributed by atoms with Crippen LogP contribution in [0.3, 0.4) is 0 Å². The van der Waals surface area contributed by atoms with E-state index in [1.54, 1.807) is 10.6 Å². The van der Waals surface area contributed by atoms with Crippen molar-refractivity contribution in [1.29, 1.82) is 0 Å². The van der Waals surface area contributed by atoms with E-state index >= 15 is 0 Å². The number of fused-ring (bicyclic) bond motifs is 1. The van der Waals surface area contributed by atoms with Crippen LogP contribution in [0.1, 0.15) is 11.1 Å². The minimum Gasteiger partial charge on any atom is -0.277 e. The van der Waals surface area contributed by atoms with Gasteiger partial charge in [-0.1, -0.05) is 59.7 Å². The molecule has 0 atom stereocenters. The topological polar surface area (TPSA) is 22.0 Å². The number of aryl methyl sites for hydroxylation is 2. The van der Waals surface area contributed by atoms with Gasteiger partial charge in [0.25, 0.3) is 5.56 Å². The van der Waals surface area contributed by atoms with Crippen molar-refractivity contribution in [3.05, 3.63) is 100 Å². The first-order valence-corrected chi connectivity index (χ1v) is 8.42. The molecule has 4 aromatic rings. The van der Waals surface area contributed by atoms with E-state index in [0.29, 0.717) is 0 Å². The molecular weight excluding hydrogens is 306 g/mol. The van der Waals surface area contributed by atoms with Gasteiger partial charge in [0, 0.05) is 17.1 Å². The van der Waals surface area contributed by atoms with E-state index in [4.69, 9.17) is 0 Å². The maximum absolute atomic E-state index is 13.0. The highest BCUT2D eigenvalue weighted by Gasteiger charge is 2.12. The summed E-state index contributed by atoms with van der Waals surface area (Å²) in [6, 6.07) is 26.2. The molecule has 2 heteroatoms. The van der Waals surface area contributed by atoms with Crippen LogP contribution in [-0.2, 0) is 0 Å². The third kappa shape index (κ3) is 2.76. The summed E-state index contributed by atoms with van der Waals surface area (Å²) >= 11 is 0. The van der Waals surface area contributed by atoms with Crippen molar-refractivity contribution >= 4 is 10.9 Å². The molecule has 0 aliphatic carbocycles. The molecule has 122 valence electrons. The molecule has 1 heterocycles. The number of hydrogen-bond acceptors (Lipinski definition) is 1. The van der Waals surface area contributed by atoms with Crippen molar-refractivity contribution in [2.75, 3.05) is 0 Å². The van der Waals surface area contributed by atoms with Crippen LogP contribution in [0.4, 0.5) is 0 Å². The number of benzene rings is 3. The third-order valence-corrected chi connectivity index (χ3v) is 4.55. The van der Waals surface area contributed by atoms with Crippen LogP contribution in [0.5, 0.6) is 0 Å². The fourth-order valence-electron chi connectivity index (χ4n) is 3.26. The highest BCUT2D eigenvalue weighted by molar-refractivity contribution is 5.95. The number of rotatable bonds is 2. The Kier molecular flexibility index (Phi) is 3.73. The number of nitrogens with zero attached hydrogens (tertiary/aromatic N) is 1. The van der Waals surface area contributed by atoms with Crippen molar-refractivity contribution < 1.29 is 0 Å². The average molecular weight is 325 g/mol. The zero-order valence-corrected chi connectivity index (χ0v) is 14.4. The molecule has 4 rings (SSSR count). The molecule has 0 aliphatic rings. The Labute approximate surface area is 147 Å². The SMILES string of the molecule is Cc1ccc(-n2c(=O)cc(-c3ccccc3)c3cc(C)ccc32)cc1.